The van der Waals surface area contributed by atoms with Gasteiger partial charge in [0.05, 0.1) is 12.2 Å². The Morgan fingerprint density at radius 3 is 2.31 bits per heavy atom. The van der Waals surface area contributed by atoms with E-state index in [4.69, 9.17) is 4.74 Å². The van der Waals surface area contributed by atoms with E-state index in [-0.39, 0.29) is 6.10 Å². The summed E-state index contributed by atoms with van der Waals surface area (Å²) < 4.78 is 5.55. The molecular weight excluding hydrogens is 164 g/mol. The summed E-state index contributed by atoms with van der Waals surface area (Å²) in [6.45, 7) is 5.68. The lowest BCUT2D eigenvalue weighted by molar-refractivity contribution is 0.183. The molecular formula is C11H16O2. The van der Waals surface area contributed by atoms with E-state index in [1.807, 2.05) is 38.1 Å². The van der Waals surface area contributed by atoms with Gasteiger partial charge in [-0.25, -0.2) is 0 Å². The maximum Gasteiger partial charge on any atom is 0.125 e. The number of hydrogen-bond donors (Lipinski definition) is 1. The molecule has 2 nitrogen and oxygen atoms in total. The van der Waals surface area contributed by atoms with Gasteiger partial charge in [-0.3, -0.25) is 0 Å². The molecule has 0 saturated heterocycles. The first-order valence-corrected chi connectivity index (χ1v) is 4.55. The van der Waals surface area contributed by atoms with Gasteiger partial charge in [-0.1, -0.05) is 18.2 Å². The zero-order chi connectivity index (χ0) is 9.84. The first-order valence-electron chi connectivity index (χ1n) is 4.55. The van der Waals surface area contributed by atoms with E-state index in [2.05, 4.69) is 0 Å². The lowest BCUT2D eigenvalue weighted by atomic mass is 10.1. The van der Waals surface area contributed by atoms with Gasteiger partial charge in [0, 0.05) is 5.56 Å². The number of aliphatic hydroxyl groups excluding tert-OH is 1. The molecule has 0 aliphatic heterocycles. The van der Waals surface area contributed by atoms with Gasteiger partial charge in [-0.15, -0.1) is 0 Å². The fourth-order valence-corrected chi connectivity index (χ4v) is 1.19. The molecule has 1 aromatic rings. The van der Waals surface area contributed by atoms with Gasteiger partial charge in [0.1, 0.15) is 5.75 Å². The van der Waals surface area contributed by atoms with E-state index < -0.39 is 6.10 Å². The molecule has 2 heteroatoms. The maximum atomic E-state index is 9.44. The minimum atomic E-state index is -0.477. The lowest BCUT2D eigenvalue weighted by Gasteiger charge is -2.15. The molecule has 0 amide bonds. The highest BCUT2D eigenvalue weighted by atomic mass is 16.5. The zero-order valence-electron chi connectivity index (χ0n) is 8.32. The number of benzene rings is 1. The van der Waals surface area contributed by atoms with E-state index in [0.29, 0.717) is 0 Å². The molecule has 0 spiro atoms. The van der Waals surface area contributed by atoms with Crippen molar-refractivity contribution in [3.8, 4) is 5.75 Å². The van der Waals surface area contributed by atoms with E-state index in [9.17, 15) is 5.11 Å². The summed E-state index contributed by atoms with van der Waals surface area (Å²) in [4.78, 5) is 0. The average molecular weight is 180 g/mol. The van der Waals surface area contributed by atoms with Crippen LogP contribution in [0, 0.1) is 0 Å². The molecule has 13 heavy (non-hydrogen) atoms. The molecule has 0 unspecified atom stereocenters. The molecule has 0 bridgehead atoms. The molecule has 1 aromatic carbocycles. The van der Waals surface area contributed by atoms with Crippen molar-refractivity contribution in [3.05, 3.63) is 29.8 Å². The summed E-state index contributed by atoms with van der Waals surface area (Å²) >= 11 is 0. The van der Waals surface area contributed by atoms with Gasteiger partial charge in [0.15, 0.2) is 0 Å². The van der Waals surface area contributed by atoms with Gasteiger partial charge in [-0.2, -0.15) is 0 Å². The summed E-state index contributed by atoms with van der Waals surface area (Å²) in [6, 6.07) is 7.56. The highest BCUT2D eigenvalue weighted by molar-refractivity contribution is 5.34. The third-order valence-electron chi connectivity index (χ3n) is 1.73. The minimum Gasteiger partial charge on any atom is -0.491 e. The van der Waals surface area contributed by atoms with Crippen LogP contribution in [0.15, 0.2) is 24.3 Å². The first kappa shape index (κ1) is 10.1. The van der Waals surface area contributed by atoms with Crippen molar-refractivity contribution in [1.29, 1.82) is 0 Å². The third-order valence-corrected chi connectivity index (χ3v) is 1.73. The second kappa shape index (κ2) is 4.28. The minimum absolute atomic E-state index is 0.139. The molecule has 72 valence electrons. The maximum absolute atomic E-state index is 9.44. The van der Waals surface area contributed by atoms with Crippen LogP contribution in [-0.4, -0.2) is 11.2 Å². The standard InChI is InChI=1S/C11H16O2/c1-8(2)13-11-7-5-4-6-10(11)9(3)12/h4-9,12H,1-3H3/t9-/m1/s1. The Balaban J connectivity index is 2.91. The molecule has 1 rings (SSSR count). The Kier molecular flexibility index (Phi) is 3.32. The highest BCUT2D eigenvalue weighted by Gasteiger charge is 2.08. The second-order valence-electron chi connectivity index (χ2n) is 3.38. The smallest absolute Gasteiger partial charge is 0.125 e. The van der Waals surface area contributed by atoms with Crippen molar-refractivity contribution in [1.82, 2.24) is 0 Å². The van der Waals surface area contributed by atoms with Gasteiger partial charge < -0.3 is 9.84 Å². The monoisotopic (exact) mass is 180 g/mol. The Hall–Kier alpha value is -1.02. The number of rotatable bonds is 3. The Bertz CT molecular complexity index is 267. The molecule has 1 atom stereocenters. The van der Waals surface area contributed by atoms with Gasteiger partial charge in [-0.05, 0) is 26.8 Å². The number of para-hydroxylation sites is 1. The highest BCUT2D eigenvalue weighted by Crippen LogP contribution is 2.25. The zero-order valence-corrected chi connectivity index (χ0v) is 8.32. The second-order valence-corrected chi connectivity index (χ2v) is 3.38. The summed E-state index contributed by atoms with van der Waals surface area (Å²) in [5.74, 6) is 0.771. The molecule has 1 N–H and O–H groups in total. The number of aliphatic hydroxyl groups is 1. The van der Waals surface area contributed by atoms with Crippen LogP contribution in [-0.2, 0) is 0 Å². The van der Waals surface area contributed by atoms with Gasteiger partial charge in [0.25, 0.3) is 0 Å². The van der Waals surface area contributed by atoms with Gasteiger partial charge >= 0.3 is 0 Å². The SMILES string of the molecule is CC(C)Oc1ccccc1[C@@H](C)O. The van der Waals surface area contributed by atoms with Crippen molar-refractivity contribution in [2.75, 3.05) is 0 Å². The molecule has 0 saturated carbocycles. The van der Waals surface area contributed by atoms with Crippen LogP contribution in [0.25, 0.3) is 0 Å². The van der Waals surface area contributed by atoms with Crippen LogP contribution < -0.4 is 4.74 Å². The van der Waals surface area contributed by atoms with E-state index >= 15 is 0 Å². The van der Waals surface area contributed by atoms with Gasteiger partial charge in [0.2, 0.25) is 0 Å². The van der Waals surface area contributed by atoms with Crippen LogP contribution in [0.4, 0.5) is 0 Å². The molecule has 0 aliphatic carbocycles. The predicted octanol–water partition coefficient (Wildman–Crippen LogP) is 2.53. The fourth-order valence-electron chi connectivity index (χ4n) is 1.19. The van der Waals surface area contributed by atoms with Crippen LogP contribution in [0.5, 0.6) is 5.75 Å². The third kappa shape index (κ3) is 2.74. The summed E-state index contributed by atoms with van der Waals surface area (Å²) in [5.41, 5.74) is 0.844. The number of hydrogen-bond acceptors (Lipinski definition) is 2. The topological polar surface area (TPSA) is 29.5 Å². The van der Waals surface area contributed by atoms with Crippen molar-refractivity contribution in [2.45, 2.75) is 33.0 Å². The molecule has 0 aliphatic rings. The quantitative estimate of drug-likeness (QED) is 0.774. The van der Waals surface area contributed by atoms with Crippen molar-refractivity contribution >= 4 is 0 Å². The molecule has 0 radical (unpaired) electrons. The molecule has 0 aromatic heterocycles. The molecule has 0 heterocycles. The van der Waals surface area contributed by atoms with Crippen LogP contribution in [0.2, 0.25) is 0 Å². The van der Waals surface area contributed by atoms with Crippen molar-refractivity contribution in [2.24, 2.45) is 0 Å². The van der Waals surface area contributed by atoms with Crippen LogP contribution in [0.1, 0.15) is 32.4 Å². The first-order chi connectivity index (χ1) is 6.11. The average Bonchev–Trinajstić information content (AvgIpc) is 2.03. The van der Waals surface area contributed by atoms with E-state index in [0.717, 1.165) is 11.3 Å². The summed E-state index contributed by atoms with van der Waals surface area (Å²) in [7, 11) is 0. The Morgan fingerprint density at radius 2 is 1.77 bits per heavy atom. The predicted molar refractivity (Wildman–Crippen MR) is 52.8 cm³/mol. The van der Waals surface area contributed by atoms with E-state index in [1.165, 1.54) is 0 Å². The lowest BCUT2D eigenvalue weighted by Crippen LogP contribution is -2.08. The fraction of sp³-hybridized carbons (Fsp3) is 0.455. The van der Waals surface area contributed by atoms with Crippen LogP contribution >= 0.6 is 0 Å². The molecule has 0 fully saturated rings. The Morgan fingerprint density at radius 1 is 1.15 bits per heavy atom. The summed E-state index contributed by atoms with van der Waals surface area (Å²) in [5, 5.41) is 9.44. The largest absolute Gasteiger partial charge is 0.491 e. The van der Waals surface area contributed by atoms with Crippen molar-refractivity contribution < 1.29 is 9.84 Å². The van der Waals surface area contributed by atoms with Crippen LogP contribution in [0.3, 0.4) is 0 Å². The number of ether oxygens (including phenoxy) is 1. The summed E-state index contributed by atoms with van der Waals surface area (Å²) in [6.07, 6.45) is -0.338. The Labute approximate surface area is 79.2 Å². The van der Waals surface area contributed by atoms with E-state index in [1.54, 1.807) is 6.92 Å². The van der Waals surface area contributed by atoms with Crippen molar-refractivity contribution in [3.63, 3.8) is 0 Å². The normalized spacial score (nSPS) is 13.0.